The molecule has 0 radical (unpaired) electrons. The molecular weight excluding hydrogens is 280 g/mol. The molecule has 0 aromatic carbocycles. The normalized spacial score (nSPS) is 45.8. The van der Waals surface area contributed by atoms with Gasteiger partial charge in [-0.1, -0.05) is 11.6 Å². The number of nitrogens with zero attached hydrogens (tertiary/aromatic N) is 1. The maximum atomic E-state index is 12.8. The van der Waals surface area contributed by atoms with Crippen LogP contribution in [0, 0.1) is 11.1 Å². The summed E-state index contributed by atoms with van der Waals surface area (Å²) in [7, 11) is 0. The highest BCUT2D eigenvalue weighted by atomic mass is 16.5. The van der Waals surface area contributed by atoms with E-state index in [9.17, 15) is 15.4 Å². The maximum Gasteiger partial charge on any atom is 0.0708 e. The van der Waals surface area contributed by atoms with E-state index in [0.29, 0.717) is 12.3 Å². The highest BCUT2D eigenvalue weighted by molar-refractivity contribution is 5.11. The first-order chi connectivity index (χ1) is 10.5. The molecule has 3 rings (SSSR count). The number of nitrogens with one attached hydrogen (secondary N) is 1. The zero-order valence-corrected chi connectivity index (χ0v) is 13.6. The largest absolute Gasteiger partial charge is 0.785 e. The molecule has 1 heterocycles. The van der Waals surface area contributed by atoms with E-state index in [0.717, 1.165) is 37.2 Å². The van der Waals surface area contributed by atoms with Crippen molar-refractivity contribution in [2.45, 2.75) is 88.7 Å². The Labute approximate surface area is 133 Å². The summed E-state index contributed by atoms with van der Waals surface area (Å²) in [5.74, 6) is 0.356. The number of hydroxylamine groups is 2. The standard InChI is InChI=1S/C17H29N2O3/c1-10(2)6-7-11-8-9-14(21)17-15(11)18-16-12(19(17)22)4-3-5-13(16)20/h6,11-18,20-21H,3-5,7-9H2,1-2H3/q-1. The van der Waals surface area contributed by atoms with Crippen molar-refractivity contribution in [2.75, 3.05) is 0 Å². The molecule has 1 aliphatic heterocycles. The zero-order chi connectivity index (χ0) is 15.9. The van der Waals surface area contributed by atoms with Gasteiger partial charge in [0, 0.05) is 24.2 Å². The van der Waals surface area contributed by atoms with E-state index >= 15 is 0 Å². The van der Waals surface area contributed by atoms with Gasteiger partial charge in [-0.15, -0.1) is 0 Å². The van der Waals surface area contributed by atoms with Gasteiger partial charge in [0.2, 0.25) is 0 Å². The number of fused-ring (bicyclic) bond motifs is 2. The fourth-order valence-corrected chi connectivity index (χ4v) is 4.57. The van der Waals surface area contributed by atoms with Crippen molar-refractivity contribution in [3.8, 4) is 0 Å². The Morgan fingerprint density at radius 3 is 2.64 bits per heavy atom. The molecule has 0 aromatic rings. The van der Waals surface area contributed by atoms with Crippen LogP contribution in [0.3, 0.4) is 0 Å². The topological polar surface area (TPSA) is 78.8 Å². The number of allylic oxidation sites excluding steroid dienone is 2. The first kappa shape index (κ1) is 16.4. The molecule has 2 saturated carbocycles. The summed E-state index contributed by atoms with van der Waals surface area (Å²) in [4.78, 5) is 0. The SMILES string of the molecule is CC(C)=CCC1CCC(O)C2C1NC1C(O)CCCC1N2[O-]. The predicted octanol–water partition coefficient (Wildman–Crippen LogP) is 1.54. The third kappa shape index (κ3) is 2.97. The highest BCUT2D eigenvalue weighted by Crippen LogP contribution is 2.38. The predicted molar refractivity (Wildman–Crippen MR) is 86.1 cm³/mol. The summed E-state index contributed by atoms with van der Waals surface area (Å²) in [6, 6.07) is -0.726. The Bertz CT molecular complexity index is 424. The molecule has 3 fully saturated rings. The van der Waals surface area contributed by atoms with Crippen LogP contribution in [0.25, 0.3) is 0 Å². The van der Waals surface area contributed by atoms with Crippen molar-refractivity contribution in [1.29, 1.82) is 0 Å². The zero-order valence-electron chi connectivity index (χ0n) is 13.6. The quantitative estimate of drug-likeness (QED) is 0.674. The van der Waals surface area contributed by atoms with Crippen molar-refractivity contribution in [1.82, 2.24) is 10.4 Å². The summed E-state index contributed by atoms with van der Waals surface area (Å²) in [6.45, 7) is 4.18. The molecule has 1 saturated heterocycles. The first-order valence-corrected chi connectivity index (χ1v) is 8.70. The maximum absolute atomic E-state index is 12.8. The fourth-order valence-electron chi connectivity index (χ4n) is 4.57. The summed E-state index contributed by atoms with van der Waals surface area (Å²) in [6.07, 6.45) is 6.25. The molecule has 0 bridgehead atoms. The molecule has 7 atom stereocenters. The van der Waals surface area contributed by atoms with Gasteiger partial charge in [0.1, 0.15) is 0 Å². The fraction of sp³-hybridized carbons (Fsp3) is 0.882. The number of hydrogen-bond acceptors (Lipinski definition) is 5. The molecular formula is C17H29N2O3-. The summed E-state index contributed by atoms with van der Waals surface area (Å²) < 4.78 is 0. The van der Waals surface area contributed by atoms with Gasteiger partial charge in [-0.3, -0.25) is 0 Å². The molecule has 0 amide bonds. The van der Waals surface area contributed by atoms with Crippen LogP contribution in [0.1, 0.15) is 52.4 Å². The van der Waals surface area contributed by atoms with E-state index in [4.69, 9.17) is 0 Å². The van der Waals surface area contributed by atoms with Gasteiger partial charge in [0.05, 0.1) is 12.2 Å². The number of hydrogen-bond donors (Lipinski definition) is 3. The van der Waals surface area contributed by atoms with Gasteiger partial charge in [0.25, 0.3) is 0 Å². The van der Waals surface area contributed by atoms with Crippen LogP contribution in [-0.2, 0) is 0 Å². The second-order valence-electron chi connectivity index (χ2n) is 7.56. The Kier molecular flexibility index (Phi) is 4.90. The lowest BCUT2D eigenvalue weighted by Crippen LogP contribution is -2.74. The van der Waals surface area contributed by atoms with Crippen molar-refractivity contribution in [3.63, 3.8) is 0 Å². The van der Waals surface area contributed by atoms with Gasteiger partial charge < -0.3 is 25.8 Å². The number of piperazine rings is 1. The van der Waals surface area contributed by atoms with E-state index in [1.165, 1.54) is 5.57 Å². The van der Waals surface area contributed by atoms with Crippen LogP contribution >= 0.6 is 0 Å². The van der Waals surface area contributed by atoms with Crippen LogP contribution in [0.2, 0.25) is 0 Å². The Morgan fingerprint density at radius 2 is 1.91 bits per heavy atom. The molecule has 0 spiro atoms. The van der Waals surface area contributed by atoms with Crippen molar-refractivity contribution in [3.05, 3.63) is 16.9 Å². The average molecular weight is 309 g/mol. The molecule has 22 heavy (non-hydrogen) atoms. The lowest BCUT2D eigenvalue weighted by molar-refractivity contribution is -0.0861. The second kappa shape index (κ2) is 6.57. The Morgan fingerprint density at radius 1 is 1.14 bits per heavy atom. The van der Waals surface area contributed by atoms with Crippen molar-refractivity contribution in [2.24, 2.45) is 5.92 Å². The van der Waals surface area contributed by atoms with Crippen LogP contribution in [0.15, 0.2) is 11.6 Å². The Hall–Kier alpha value is -0.460. The van der Waals surface area contributed by atoms with Crippen LogP contribution in [0.5, 0.6) is 0 Å². The van der Waals surface area contributed by atoms with E-state index in [1.54, 1.807) is 0 Å². The minimum Gasteiger partial charge on any atom is -0.785 e. The summed E-state index contributed by atoms with van der Waals surface area (Å²) in [5, 5.41) is 38.2. The molecule has 0 aromatic heterocycles. The monoisotopic (exact) mass is 309 g/mol. The van der Waals surface area contributed by atoms with E-state index < -0.39 is 12.2 Å². The molecule has 5 heteroatoms. The smallest absolute Gasteiger partial charge is 0.0708 e. The third-order valence-corrected chi connectivity index (χ3v) is 5.77. The van der Waals surface area contributed by atoms with E-state index in [1.807, 2.05) is 0 Å². The number of rotatable bonds is 2. The van der Waals surface area contributed by atoms with Crippen molar-refractivity contribution < 1.29 is 10.2 Å². The first-order valence-electron chi connectivity index (χ1n) is 8.70. The molecule has 2 aliphatic carbocycles. The van der Waals surface area contributed by atoms with Gasteiger partial charge in [-0.25, -0.2) is 0 Å². The van der Waals surface area contributed by atoms with Crippen molar-refractivity contribution >= 4 is 0 Å². The highest BCUT2D eigenvalue weighted by Gasteiger charge is 2.48. The molecule has 7 unspecified atom stereocenters. The lowest BCUT2D eigenvalue weighted by atomic mass is 9.72. The number of aliphatic hydroxyl groups is 2. The number of aliphatic hydroxyl groups excluding tert-OH is 2. The van der Waals surface area contributed by atoms with E-state index in [-0.39, 0.29) is 24.2 Å². The summed E-state index contributed by atoms with van der Waals surface area (Å²) >= 11 is 0. The lowest BCUT2D eigenvalue weighted by Gasteiger charge is -2.61. The van der Waals surface area contributed by atoms with Crippen LogP contribution < -0.4 is 5.32 Å². The minimum absolute atomic E-state index is 0.0224. The third-order valence-electron chi connectivity index (χ3n) is 5.77. The van der Waals surface area contributed by atoms with Gasteiger partial charge in [-0.2, -0.15) is 0 Å². The molecule has 126 valence electrons. The van der Waals surface area contributed by atoms with Gasteiger partial charge in [0.15, 0.2) is 0 Å². The van der Waals surface area contributed by atoms with Crippen LogP contribution in [0.4, 0.5) is 0 Å². The van der Waals surface area contributed by atoms with E-state index in [2.05, 4.69) is 25.2 Å². The van der Waals surface area contributed by atoms with Gasteiger partial charge >= 0.3 is 0 Å². The second-order valence-corrected chi connectivity index (χ2v) is 7.56. The molecule has 3 N–H and O–H groups in total. The summed E-state index contributed by atoms with van der Waals surface area (Å²) in [5.41, 5.74) is 1.29. The van der Waals surface area contributed by atoms with Crippen LogP contribution in [-0.4, -0.2) is 51.7 Å². The minimum atomic E-state index is -0.557. The average Bonchev–Trinajstić information content (AvgIpc) is 2.47. The molecule has 3 aliphatic rings. The molecule has 5 nitrogen and oxygen atoms in total. The Balaban J connectivity index is 1.81. The van der Waals surface area contributed by atoms with Gasteiger partial charge in [-0.05, 0) is 58.3 Å².